The van der Waals surface area contributed by atoms with Crippen LogP contribution in [-0.2, 0) is 13.1 Å². The number of rotatable bonds is 3. The predicted octanol–water partition coefficient (Wildman–Crippen LogP) is 4.51. The first-order chi connectivity index (χ1) is 14.4. The lowest BCUT2D eigenvalue weighted by Crippen LogP contribution is -2.26. The molecule has 0 atom stereocenters. The van der Waals surface area contributed by atoms with E-state index in [4.69, 9.17) is 5.10 Å². The Labute approximate surface area is 179 Å². The average molecular weight is 418 g/mol. The zero-order valence-electron chi connectivity index (χ0n) is 17.5. The Morgan fingerprint density at radius 2 is 1.83 bits per heavy atom. The molecule has 5 rings (SSSR count). The third-order valence-corrected chi connectivity index (χ3v) is 6.60. The summed E-state index contributed by atoms with van der Waals surface area (Å²) in [4.78, 5) is 20.2. The van der Waals surface area contributed by atoms with Crippen molar-refractivity contribution in [2.75, 3.05) is 0 Å². The minimum atomic E-state index is 0.0348. The molecule has 0 radical (unpaired) electrons. The molecule has 0 spiro atoms. The Morgan fingerprint density at radius 1 is 1.07 bits per heavy atom. The first kappa shape index (κ1) is 18.8. The van der Waals surface area contributed by atoms with Crippen LogP contribution in [0.15, 0.2) is 42.7 Å². The van der Waals surface area contributed by atoms with Gasteiger partial charge in [0.1, 0.15) is 10.7 Å². The molecule has 1 aromatic carbocycles. The number of amides is 1. The number of benzene rings is 1. The number of hydrogen-bond donors (Lipinski definition) is 0. The molecule has 0 N–H and O–H groups in total. The molecule has 7 heteroatoms. The van der Waals surface area contributed by atoms with Crippen LogP contribution in [0.2, 0.25) is 0 Å². The molecule has 30 heavy (non-hydrogen) atoms. The van der Waals surface area contributed by atoms with Crippen LogP contribution in [0.1, 0.15) is 42.8 Å². The van der Waals surface area contributed by atoms with Crippen LogP contribution in [0.25, 0.3) is 11.5 Å². The Bertz CT molecular complexity index is 1270. The fraction of sp³-hybridized carbons (Fsp3) is 0.261. The minimum absolute atomic E-state index is 0.0348. The highest BCUT2D eigenvalue weighted by Crippen LogP contribution is 2.33. The third kappa shape index (κ3) is 2.97. The SMILES string of the molecule is Cc1ccc(-n2nc3c(c2-n2cccc2)CN(C(=O)c2sc(C)nc2C)C3)c(C)c1. The van der Waals surface area contributed by atoms with Crippen LogP contribution in [-0.4, -0.2) is 30.1 Å². The number of fused-ring (bicyclic) bond motifs is 1. The second-order valence-corrected chi connectivity index (χ2v) is 9.05. The number of aromatic nitrogens is 4. The maximum Gasteiger partial charge on any atom is 0.266 e. The molecule has 0 fully saturated rings. The van der Waals surface area contributed by atoms with Gasteiger partial charge in [-0.25, -0.2) is 9.67 Å². The zero-order valence-corrected chi connectivity index (χ0v) is 18.3. The standard InChI is InChI=1S/C23H23N5OS/c1-14-7-8-20(15(2)11-14)28-22(26-9-5-6-10-26)18-12-27(13-19(18)25-28)23(29)21-16(3)24-17(4)30-21/h5-11H,12-13H2,1-4H3. The summed E-state index contributed by atoms with van der Waals surface area (Å²) in [7, 11) is 0. The van der Waals surface area contributed by atoms with Gasteiger partial charge in [0.05, 0.1) is 35.2 Å². The third-order valence-electron chi connectivity index (χ3n) is 5.54. The highest BCUT2D eigenvalue weighted by Gasteiger charge is 2.33. The van der Waals surface area contributed by atoms with Crippen LogP contribution in [0, 0.1) is 27.7 Å². The monoisotopic (exact) mass is 417 g/mol. The molecule has 4 aromatic rings. The van der Waals surface area contributed by atoms with Crippen molar-refractivity contribution in [3.63, 3.8) is 0 Å². The first-order valence-corrected chi connectivity index (χ1v) is 10.8. The molecule has 0 saturated heterocycles. The highest BCUT2D eigenvalue weighted by atomic mass is 32.1. The molecule has 0 aliphatic carbocycles. The maximum atomic E-state index is 13.1. The number of carbonyl (C=O) groups is 1. The second-order valence-electron chi connectivity index (χ2n) is 7.85. The lowest BCUT2D eigenvalue weighted by Gasteiger charge is -2.18. The Balaban J connectivity index is 1.57. The maximum absolute atomic E-state index is 13.1. The van der Waals surface area contributed by atoms with Crippen LogP contribution in [0.3, 0.4) is 0 Å². The van der Waals surface area contributed by atoms with Crippen LogP contribution >= 0.6 is 11.3 Å². The molecule has 1 aliphatic heterocycles. The lowest BCUT2D eigenvalue weighted by molar-refractivity contribution is 0.0753. The average Bonchev–Trinajstić information content (AvgIpc) is 3.44. The summed E-state index contributed by atoms with van der Waals surface area (Å²) in [6.45, 7) is 9.10. The Hall–Kier alpha value is -3.19. The van der Waals surface area contributed by atoms with Gasteiger partial charge < -0.3 is 9.47 Å². The molecule has 0 unspecified atom stereocenters. The molecule has 0 bridgehead atoms. The number of carbonyl (C=O) groups excluding carboxylic acids is 1. The molecule has 4 heterocycles. The normalized spacial score (nSPS) is 13.1. The first-order valence-electron chi connectivity index (χ1n) is 9.97. The fourth-order valence-corrected chi connectivity index (χ4v) is 5.06. The van der Waals surface area contributed by atoms with Crippen molar-refractivity contribution in [1.82, 2.24) is 24.2 Å². The van der Waals surface area contributed by atoms with Crippen molar-refractivity contribution in [2.24, 2.45) is 0 Å². The zero-order chi connectivity index (χ0) is 21.0. The predicted molar refractivity (Wildman–Crippen MR) is 118 cm³/mol. The van der Waals surface area contributed by atoms with E-state index in [1.807, 2.05) is 48.0 Å². The van der Waals surface area contributed by atoms with Crippen molar-refractivity contribution in [2.45, 2.75) is 40.8 Å². The molecule has 1 aliphatic rings. The molecule has 1 amide bonds. The Morgan fingerprint density at radius 3 is 2.50 bits per heavy atom. The van der Waals surface area contributed by atoms with Gasteiger partial charge in [-0.05, 0) is 51.5 Å². The summed E-state index contributed by atoms with van der Waals surface area (Å²) in [6.07, 6.45) is 4.05. The van der Waals surface area contributed by atoms with E-state index in [0.717, 1.165) is 38.3 Å². The highest BCUT2D eigenvalue weighted by molar-refractivity contribution is 7.13. The van der Waals surface area contributed by atoms with E-state index in [1.165, 1.54) is 22.5 Å². The van der Waals surface area contributed by atoms with Gasteiger partial charge in [0, 0.05) is 18.0 Å². The smallest absolute Gasteiger partial charge is 0.266 e. The van der Waals surface area contributed by atoms with E-state index in [0.29, 0.717) is 13.1 Å². The van der Waals surface area contributed by atoms with E-state index in [2.05, 4.69) is 41.6 Å². The van der Waals surface area contributed by atoms with Gasteiger partial charge in [-0.2, -0.15) is 5.10 Å². The quantitative estimate of drug-likeness (QED) is 0.493. The summed E-state index contributed by atoms with van der Waals surface area (Å²) in [5.74, 6) is 1.03. The van der Waals surface area contributed by atoms with Crippen LogP contribution < -0.4 is 0 Å². The van der Waals surface area contributed by atoms with Crippen molar-refractivity contribution >= 4 is 17.2 Å². The molecule has 3 aromatic heterocycles. The van der Waals surface area contributed by atoms with Gasteiger partial charge >= 0.3 is 0 Å². The van der Waals surface area contributed by atoms with Crippen LogP contribution in [0.5, 0.6) is 0 Å². The summed E-state index contributed by atoms with van der Waals surface area (Å²) < 4.78 is 4.10. The molecular formula is C23H23N5OS. The summed E-state index contributed by atoms with van der Waals surface area (Å²) in [6, 6.07) is 10.4. The number of aryl methyl sites for hydroxylation is 4. The lowest BCUT2D eigenvalue weighted by atomic mass is 10.1. The van der Waals surface area contributed by atoms with Gasteiger partial charge in [0.2, 0.25) is 0 Å². The van der Waals surface area contributed by atoms with E-state index in [9.17, 15) is 4.79 Å². The molecular weight excluding hydrogens is 394 g/mol. The Kier molecular flexibility index (Phi) is 4.36. The number of hydrogen-bond acceptors (Lipinski definition) is 4. The largest absolute Gasteiger partial charge is 0.327 e. The van der Waals surface area contributed by atoms with Crippen molar-refractivity contribution in [1.29, 1.82) is 0 Å². The van der Waals surface area contributed by atoms with E-state index < -0.39 is 0 Å². The van der Waals surface area contributed by atoms with E-state index in [1.54, 1.807) is 0 Å². The van der Waals surface area contributed by atoms with E-state index >= 15 is 0 Å². The van der Waals surface area contributed by atoms with Crippen molar-refractivity contribution < 1.29 is 4.79 Å². The number of thiazole rings is 1. The molecule has 152 valence electrons. The summed E-state index contributed by atoms with van der Waals surface area (Å²) in [5.41, 5.74) is 6.31. The van der Waals surface area contributed by atoms with Gasteiger partial charge in [-0.15, -0.1) is 11.3 Å². The second kappa shape index (κ2) is 6.95. The van der Waals surface area contributed by atoms with E-state index in [-0.39, 0.29) is 5.91 Å². The number of nitrogens with zero attached hydrogens (tertiary/aromatic N) is 5. The van der Waals surface area contributed by atoms with Crippen molar-refractivity contribution in [3.8, 4) is 11.5 Å². The van der Waals surface area contributed by atoms with Gasteiger partial charge in [0.15, 0.2) is 0 Å². The molecule has 6 nitrogen and oxygen atoms in total. The fourth-order valence-electron chi connectivity index (χ4n) is 4.17. The summed E-state index contributed by atoms with van der Waals surface area (Å²) in [5, 5.41) is 5.87. The van der Waals surface area contributed by atoms with Gasteiger partial charge in [-0.3, -0.25) is 4.79 Å². The van der Waals surface area contributed by atoms with Crippen LogP contribution in [0.4, 0.5) is 0 Å². The van der Waals surface area contributed by atoms with Gasteiger partial charge in [-0.1, -0.05) is 17.7 Å². The van der Waals surface area contributed by atoms with Gasteiger partial charge in [0.25, 0.3) is 5.91 Å². The van der Waals surface area contributed by atoms with Crippen molar-refractivity contribution in [3.05, 3.63) is 80.7 Å². The molecule has 0 saturated carbocycles. The summed E-state index contributed by atoms with van der Waals surface area (Å²) >= 11 is 1.46. The minimum Gasteiger partial charge on any atom is -0.327 e. The topological polar surface area (TPSA) is 56.0 Å².